The Hall–Kier alpha value is -2.77. The van der Waals surface area contributed by atoms with E-state index in [1.165, 1.54) is 18.3 Å². The number of carbonyl (C=O) groups excluding carboxylic acids is 2. The van der Waals surface area contributed by atoms with Gasteiger partial charge in [-0.05, 0) is 57.3 Å². The number of ketones is 1. The van der Waals surface area contributed by atoms with Crippen molar-refractivity contribution in [3.8, 4) is 5.75 Å². The first-order valence-corrected chi connectivity index (χ1v) is 10.1. The van der Waals surface area contributed by atoms with E-state index in [1.807, 2.05) is 51.4 Å². The Balaban J connectivity index is 1.79. The maximum absolute atomic E-state index is 12.9. The number of nitrogens with zero attached hydrogens (tertiary/aromatic N) is 2. The van der Waals surface area contributed by atoms with Crippen LogP contribution in [0.25, 0.3) is 10.2 Å². The quantitative estimate of drug-likeness (QED) is 0.598. The van der Waals surface area contributed by atoms with Crippen molar-refractivity contribution in [3.63, 3.8) is 0 Å². The van der Waals surface area contributed by atoms with Gasteiger partial charge in [0.15, 0.2) is 5.78 Å². The van der Waals surface area contributed by atoms with E-state index in [0.29, 0.717) is 17.0 Å². The summed E-state index contributed by atoms with van der Waals surface area (Å²) in [6, 6.07) is 9.69. The highest BCUT2D eigenvalue weighted by molar-refractivity contribution is 7.20. The molecule has 3 rings (SSSR count). The number of Topliss-reactive ketones (excluding diaryl/α,β-unsaturated/α-hetero) is 1. The molecule has 1 aromatic carbocycles. The summed E-state index contributed by atoms with van der Waals surface area (Å²) in [6.45, 7) is 3.88. The fraction of sp³-hybridized carbons (Fsp3) is 0.318. The fourth-order valence-electron chi connectivity index (χ4n) is 3.20. The number of carbonyl (C=O) groups is 2. The van der Waals surface area contributed by atoms with Gasteiger partial charge < -0.3 is 15.0 Å². The molecule has 2 heterocycles. The zero-order valence-electron chi connectivity index (χ0n) is 17.3. The molecule has 0 saturated carbocycles. The van der Waals surface area contributed by atoms with Gasteiger partial charge in [-0.25, -0.2) is 4.98 Å². The summed E-state index contributed by atoms with van der Waals surface area (Å²) in [5.41, 5.74) is 2.50. The highest BCUT2D eigenvalue weighted by Crippen LogP contribution is 2.30. The van der Waals surface area contributed by atoms with E-state index in [9.17, 15) is 9.59 Å². The number of pyridine rings is 1. The molecule has 0 saturated heterocycles. The molecule has 1 amide bonds. The third-order valence-corrected chi connectivity index (χ3v) is 6.20. The van der Waals surface area contributed by atoms with E-state index in [0.717, 1.165) is 27.1 Å². The van der Waals surface area contributed by atoms with Gasteiger partial charge in [-0.3, -0.25) is 9.59 Å². The van der Waals surface area contributed by atoms with Crippen molar-refractivity contribution < 1.29 is 14.3 Å². The number of likely N-dealkylation sites (N-methyl/N-ethyl adjacent to an activating group) is 1. The molecule has 2 aromatic heterocycles. The molecule has 0 aliphatic rings. The second-order valence-corrected chi connectivity index (χ2v) is 8.15. The Labute approximate surface area is 174 Å². The number of thiophene rings is 1. The second kappa shape index (κ2) is 8.71. The van der Waals surface area contributed by atoms with Crippen LogP contribution in [0.1, 0.15) is 44.1 Å². The van der Waals surface area contributed by atoms with Gasteiger partial charge in [0.2, 0.25) is 0 Å². The molecular weight excluding hydrogens is 386 g/mol. The highest BCUT2D eigenvalue weighted by atomic mass is 32.1. The van der Waals surface area contributed by atoms with Gasteiger partial charge in [0.25, 0.3) is 5.91 Å². The number of aromatic nitrogens is 1. The molecule has 0 aliphatic carbocycles. The van der Waals surface area contributed by atoms with Crippen molar-refractivity contribution in [2.24, 2.45) is 0 Å². The smallest absolute Gasteiger partial charge is 0.261 e. The molecule has 1 N–H and O–H groups in total. The van der Waals surface area contributed by atoms with Gasteiger partial charge in [0, 0.05) is 23.7 Å². The van der Waals surface area contributed by atoms with Gasteiger partial charge in [0.1, 0.15) is 10.6 Å². The van der Waals surface area contributed by atoms with Gasteiger partial charge in [-0.1, -0.05) is 12.1 Å². The molecule has 29 heavy (non-hydrogen) atoms. The molecule has 0 spiro atoms. The zero-order chi connectivity index (χ0) is 21.1. The van der Waals surface area contributed by atoms with Crippen molar-refractivity contribution in [1.29, 1.82) is 0 Å². The molecule has 0 fully saturated rings. The van der Waals surface area contributed by atoms with Crippen LogP contribution in [0.3, 0.4) is 0 Å². The Morgan fingerprint density at radius 1 is 1.24 bits per heavy atom. The van der Waals surface area contributed by atoms with E-state index < -0.39 is 0 Å². The van der Waals surface area contributed by atoms with Crippen molar-refractivity contribution in [2.75, 3.05) is 27.7 Å². The first-order chi connectivity index (χ1) is 13.8. The number of fused-ring (bicyclic) bond motifs is 1. The maximum Gasteiger partial charge on any atom is 0.261 e. The number of hydrogen-bond donors (Lipinski definition) is 1. The molecule has 6 nitrogen and oxygen atoms in total. The van der Waals surface area contributed by atoms with Crippen molar-refractivity contribution in [3.05, 3.63) is 58.1 Å². The average molecular weight is 412 g/mol. The SMILES string of the molecule is COc1ccc(C(CNC(=O)c2sc3ncc(C(C)=O)cc3c2C)N(C)C)cc1. The molecule has 1 atom stereocenters. The Bertz CT molecular complexity index is 1040. The van der Waals surface area contributed by atoms with Crippen LogP contribution in [0.2, 0.25) is 0 Å². The summed E-state index contributed by atoms with van der Waals surface area (Å²) in [6.07, 6.45) is 1.56. The lowest BCUT2D eigenvalue weighted by atomic mass is 10.1. The van der Waals surface area contributed by atoms with Crippen molar-refractivity contribution >= 4 is 33.2 Å². The molecule has 1 unspecified atom stereocenters. The molecule has 7 heteroatoms. The maximum atomic E-state index is 12.9. The van der Waals surface area contributed by atoms with Crippen LogP contribution < -0.4 is 10.1 Å². The van der Waals surface area contributed by atoms with Gasteiger partial charge in [0.05, 0.1) is 18.0 Å². The second-order valence-electron chi connectivity index (χ2n) is 7.15. The molecule has 0 radical (unpaired) electrons. The normalized spacial score (nSPS) is 12.2. The molecule has 3 aromatic rings. The van der Waals surface area contributed by atoms with E-state index >= 15 is 0 Å². The largest absolute Gasteiger partial charge is 0.497 e. The molecule has 0 bridgehead atoms. The summed E-state index contributed by atoms with van der Waals surface area (Å²) in [4.78, 5) is 32.3. The van der Waals surface area contributed by atoms with Crippen LogP contribution in [0.15, 0.2) is 36.5 Å². The summed E-state index contributed by atoms with van der Waals surface area (Å²) >= 11 is 1.35. The topological polar surface area (TPSA) is 71.5 Å². The minimum Gasteiger partial charge on any atom is -0.497 e. The Morgan fingerprint density at radius 2 is 1.93 bits per heavy atom. The number of nitrogens with one attached hydrogen (secondary N) is 1. The minimum absolute atomic E-state index is 0.0296. The van der Waals surface area contributed by atoms with Gasteiger partial charge >= 0.3 is 0 Å². The van der Waals surface area contributed by atoms with E-state index in [2.05, 4.69) is 15.2 Å². The van der Waals surface area contributed by atoms with E-state index in [4.69, 9.17) is 4.74 Å². The lowest BCUT2D eigenvalue weighted by Gasteiger charge is -2.25. The van der Waals surface area contributed by atoms with Crippen LogP contribution in [0.4, 0.5) is 0 Å². The number of methoxy groups -OCH3 is 1. The van der Waals surface area contributed by atoms with Crippen molar-refractivity contribution in [1.82, 2.24) is 15.2 Å². The summed E-state index contributed by atoms with van der Waals surface area (Å²) < 4.78 is 5.22. The monoisotopic (exact) mass is 411 g/mol. The first-order valence-electron chi connectivity index (χ1n) is 9.30. The van der Waals surface area contributed by atoms with Gasteiger partial charge in [-0.15, -0.1) is 11.3 Å². The van der Waals surface area contributed by atoms with Crippen molar-refractivity contribution in [2.45, 2.75) is 19.9 Å². The number of hydrogen-bond acceptors (Lipinski definition) is 6. The third kappa shape index (κ3) is 4.46. The number of rotatable bonds is 7. The van der Waals surface area contributed by atoms with Crippen LogP contribution in [0, 0.1) is 6.92 Å². The summed E-state index contributed by atoms with van der Waals surface area (Å²) in [5, 5.41) is 3.90. The van der Waals surface area contributed by atoms with Crippen LogP contribution in [-0.4, -0.2) is 49.3 Å². The predicted molar refractivity (Wildman–Crippen MR) is 116 cm³/mol. The number of aryl methyl sites for hydroxylation is 1. The minimum atomic E-state index is -0.129. The summed E-state index contributed by atoms with van der Waals surface area (Å²) in [7, 11) is 5.61. The highest BCUT2D eigenvalue weighted by Gasteiger charge is 2.20. The number of amides is 1. The average Bonchev–Trinajstić information content (AvgIpc) is 3.04. The Kier molecular flexibility index (Phi) is 6.30. The number of benzene rings is 1. The summed E-state index contributed by atoms with van der Waals surface area (Å²) in [5.74, 6) is 0.633. The predicted octanol–water partition coefficient (Wildman–Crippen LogP) is 3.85. The van der Waals surface area contributed by atoms with E-state index in [-0.39, 0.29) is 17.7 Å². The van der Waals surface area contributed by atoms with Crippen LogP contribution in [0.5, 0.6) is 5.75 Å². The lowest BCUT2D eigenvalue weighted by molar-refractivity contribution is 0.0944. The Morgan fingerprint density at radius 3 is 2.52 bits per heavy atom. The van der Waals surface area contributed by atoms with E-state index in [1.54, 1.807) is 13.3 Å². The molecule has 152 valence electrons. The third-order valence-electron chi connectivity index (χ3n) is 4.99. The number of ether oxygens (including phenoxy) is 1. The van der Waals surface area contributed by atoms with Crippen LogP contribution in [-0.2, 0) is 0 Å². The van der Waals surface area contributed by atoms with Crippen LogP contribution >= 0.6 is 11.3 Å². The zero-order valence-corrected chi connectivity index (χ0v) is 18.1. The molecular formula is C22H25N3O3S. The standard InChI is InChI=1S/C22H25N3O3S/c1-13-18-10-16(14(2)26)11-24-22(18)29-20(13)21(27)23-12-19(25(3)4)15-6-8-17(28-5)9-7-15/h6-11,19H,12H2,1-5H3,(H,23,27). The lowest BCUT2D eigenvalue weighted by Crippen LogP contribution is -2.34. The fourth-order valence-corrected chi connectivity index (χ4v) is 4.25. The molecule has 0 aliphatic heterocycles. The first kappa shape index (κ1) is 21.0. The van der Waals surface area contributed by atoms with Gasteiger partial charge in [-0.2, -0.15) is 0 Å².